The number of hydrogen-bond acceptors (Lipinski definition) is 6. The topological polar surface area (TPSA) is 80.5 Å². The van der Waals surface area contributed by atoms with E-state index in [1.807, 2.05) is 31.7 Å². The highest BCUT2D eigenvalue weighted by Crippen LogP contribution is 2.40. The van der Waals surface area contributed by atoms with Crippen molar-refractivity contribution in [3.8, 4) is 0 Å². The molecular formula is C23H27BrClFN4O3S. The summed E-state index contributed by atoms with van der Waals surface area (Å²) in [6.07, 6.45) is 4.92. The van der Waals surface area contributed by atoms with Crippen LogP contribution in [0, 0.1) is 5.82 Å². The van der Waals surface area contributed by atoms with Crippen LogP contribution in [0.2, 0.25) is 5.02 Å². The van der Waals surface area contributed by atoms with Gasteiger partial charge in [-0.1, -0.05) is 11.6 Å². The third-order valence-corrected chi connectivity index (χ3v) is 7.95. The number of piperidine rings is 1. The fraction of sp³-hybridized carbons (Fsp3) is 0.522. The fourth-order valence-corrected chi connectivity index (χ4v) is 5.54. The molecule has 0 bridgehead atoms. The van der Waals surface area contributed by atoms with Crippen molar-refractivity contribution in [1.29, 1.82) is 0 Å². The van der Waals surface area contributed by atoms with Gasteiger partial charge in [0.1, 0.15) is 16.1 Å². The van der Waals surface area contributed by atoms with Crippen LogP contribution in [0.15, 0.2) is 21.8 Å². The highest BCUT2D eigenvalue weighted by molar-refractivity contribution is 9.10. The lowest BCUT2D eigenvalue weighted by Crippen LogP contribution is -2.48. The number of nitrogens with zero attached hydrogens (tertiary/aromatic N) is 4. The van der Waals surface area contributed by atoms with Crippen LogP contribution in [0.25, 0.3) is 21.8 Å². The Morgan fingerprint density at radius 1 is 1.41 bits per heavy atom. The molecule has 1 N–H and O–H groups in total. The summed E-state index contributed by atoms with van der Waals surface area (Å²) in [4.78, 5) is 19.0. The zero-order valence-corrected chi connectivity index (χ0v) is 22.6. The Kier molecular flexibility index (Phi) is 7.34. The van der Waals surface area contributed by atoms with Crippen molar-refractivity contribution in [1.82, 2.24) is 19.7 Å². The number of hydrogen-bond donors (Lipinski definition) is 1. The number of ether oxygens (including phenoxy) is 1. The Hall–Kier alpha value is -1.62. The minimum atomic E-state index is -0.604. The third-order valence-electron chi connectivity index (χ3n) is 5.95. The second-order valence-electron chi connectivity index (χ2n) is 9.37. The van der Waals surface area contributed by atoms with Crippen molar-refractivity contribution in [2.45, 2.75) is 62.7 Å². The molecule has 0 saturated carbocycles. The Labute approximate surface area is 215 Å². The van der Waals surface area contributed by atoms with Crippen LogP contribution in [0.5, 0.6) is 0 Å². The number of halogens is 3. The molecule has 7 nitrogen and oxygen atoms in total. The molecule has 1 fully saturated rings. The molecule has 2 aromatic heterocycles. The van der Waals surface area contributed by atoms with Crippen molar-refractivity contribution >= 4 is 67.2 Å². The normalized spacial score (nSPS) is 19.2. The van der Waals surface area contributed by atoms with E-state index in [0.29, 0.717) is 36.2 Å². The summed E-state index contributed by atoms with van der Waals surface area (Å²) in [7, 11) is 0. The summed E-state index contributed by atoms with van der Waals surface area (Å²) >= 11 is 10.9. The molecule has 184 valence electrons. The largest absolute Gasteiger partial charge is 0.444 e. The molecule has 1 aliphatic rings. The fourth-order valence-electron chi connectivity index (χ4n) is 4.49. The summed E-state index contributed by atoms with van der Waals surface area (Å²) in [6, 6.07) is 1.45. The van der Waals surface area contributed by atoms with Gasteiger partial charge in [-0.05, 0) is 68.3 Å². The molecular weight excluding hydrogens is 547 g/mol. The summed E-state index contributed by atoms with van der Waals surface area (Å²) in [5, 5.41) is 16.7. The monoisotopic (exact) mass is 572 g/mol. The van der Waals surface area contributed by atoms with Crippen molar-refractivity contribution < 1.29 is 19.0 Å². The van der Waals surface area contributed by atoms with Crippen LogP contribution in [0.4, 0.5) is 9.18 Å². The first-order valence-corrected chi connectivity index (χ1v) is 13.4. The molecule has 0 radical (unpaired) electrons. The van der Waals surface area contributed by atoms with Crippen molar-refractivity contribution in [3.05, 3.63) is 27.6 Å². The quantitative estimate of drug-likeness (QED) is 0.296. The number of aliphatic hydroxyl groups excluding tert-OH is 1. The Bertz CT molecular complexity index is 1250. The standard InChI is InChI=1S/C23H27BrClFN4O3S/c1-23(2,3)33-22(32)29-7-5-13(9-12(29)6-8-31)30-20-14-10-16(25)17(24)18(26)19(14)28-21(34-4)15(20)11-27-30/h10-13,31H,5-9H2,1-4H3/t12-,13+/m1/s1. The number of carbonyl (C=O) groups excluding carboxylic acids is 1. The van der Waals surface area contributed by atoms with Crippen LogP contribution >= 0.6 is 39.3 Å². The number of rotatable bonds is 4. The van der Waals surface area contributed by atoms with Gasteiger partial charge >= 0.3 is 6.09 Å². The second kappa shape index (κ2) is 9.79. The lowest BCUT2D eigenvalue weighted by atomic mass is 9.95. The highest BCUT2D eigenvalue weighted by Gasteiger charge is 2.35. The molecule has 1 aliphatic heterocycles. The van der Waals surface area contributed by atoms with E-state index in [2.05, 4.69) is 26.0 Å². The van der Waals surface area contributed by atoms with Gasteiger partial charge < -0.3 is 14.7 Å². The molecule has 1 aromatic carbocycles. The van der Waals surface area contributed by atoms with E-state index in [0.717, 1.165) is 10.9 Å². The number of aliphatic hydroxyl groups is 1. The molecule has 3 heterocycles. The minimum absolute atomic E-state index is 0.0468. The number of thioether (sulfide) groups is 1. The maximum atomic E-state index is 15.1. The van der Waals surface area contributed by atoms with Gasteiger partial charge in [0, 0.05) is 24.6 Å². The Balaban J connectivity index is 1.78. The van der Waals surface area contributed by atoms with E-state index in [1.54, 1.807) is 17.2 Å². The van der Waals surface area contributed by atoms with Crippen LogP contribution in [0.1, 0.15) is 46.1 Å². The van der Waals surface area contributed by atoms with Gasteiger partial charge in [0.2, 0.25) is 0 Å². The van der Waals surface area contributed by atoms with Crippen molar-refractivity contribution in [3.63, 3.8) is 0 Å². The summed E-state index contributed by atoms with van der Waals surface area (Å²) in [5.41, 5.74) is 0.391. The van der Waals surface area contributed by atoms with Gasteiger partial charge in [0.05, 0.1) is 32.6 Å². The second-order valence-corrected chi connectivity index (χ2v) is 11.4. The maximum absolute atomic E-state index is 15.1. The van der Waals surface area contributed by atoms with Crippen LogP contribution in [-0.4, -0.2) is 61.9 Å². The zero-order valence-electron chi connectivity index (χ0n) is 19.4. The van der Waals surface area contributed by atoms with Gasteiger partial charge in [-0.2, -0.15) is 5.10 Å². The highest BCUT2D eigenvalue weighted by atomic mass is 79.9. The zero-order chi connectivity index (χ0) is 24.8. The average molecular weight is 574 g/mol. The Morgan fingerprint density at radius 2 is 2.15 bits per heavy atom. The van der Waals surface area contributed by atoms with E-state index >= 15 is 4.39 Å². The number of pyridine rings is 1. The number of amides is 1. The number of benzene rings is 1. The first kappa shape index (κ1) is 25.5. The van der Waals surface area contributed by atoms with Gasteiger partial charge in [0.15, 0.2) is 5.82 Å². The summed E-state index contributed by atoms with van der Waals surface area (Å²) in [5.74, 6) is -0.509. The lowest BCUT2D eigenvalue weighted by molar-refractivity contribution is 0.00177. The lowest BCUT2D eigenvalue weighted by Gasteiger charge is -2.40. The van der Waals surface area contributed by atoms with E-state index in [1.165, 1.54) is 11.8 Å². The van der Waals surface area contributed by atoms with Gasteiger partial charge in [0.25, 0.3) is 0 Å². The molecule has 1 amide bonds. The first-order valence-electron chi connectivity index (χ1n) is 11.0. The molecule has 0 aliphatic carbocycles. The van der Waals surface area contributed by atoms with Crippen LogP contribution in [0.3, 0.4) is 0 Å². The molecule has 4 rings (SSSR count). The van der Waals surface area contributed by atoms with Gasteiger partial charge in [-0.25, -0.2) is 14.2 Å². The number of fused-ring (bicyclic) bond motifs is 3. The van der Waals surface area contributed by atoms with E-state index in [-0.39, 0.29) is 39.8 Å². The third kappa shape index (κ3) is 4.74. The minimum Gasteiger partial charge on any atom is -0.444 e. The predicted molar refractivity (Wildman–Crippen MR) is 136 cm³/mol. The first-order chi connectivity index (χ1) is 16.1. The van der Waals surface area contributed by atoms with Gasteiger partial charge in [-0.15, -0.1) is 11.8 Å². The predicted octanol–water partition coefficient (Wildman–Crippen LogP) is 6.18. The molecule has 0 unspecified atom stereocenters. The molecule has 3 aromatic rings. The SMILES string of the molecule is CSc1nc2c(F)c(Br)c(Cl)cc2c2c1cnn2[C@H]1CCN(C(=O)OC(C)(C)C)[C@H](CCO)C1. The average Bonchev–Trinajstić information content (AvgIpc) is 3.22. The van der Waals surface area contributed by atoms with Crippen LogP contribution in [-0.2, 0) is 4.74 Å². The molecule has 2 atom stereocenters. The van der Waals surface area contributed by atoms with E-state index in [9.17, 15) is 9.90 Å². The van der Waals surface area contributed by atoms with E-state index < -0.39 is 11.4 Å². The van der Waals surface area contributed by atoms with E-state index in [4.69, 9.17) is 16.3 Å². The van der Waals surface area contributed by atoms with Crippen molar-refractivity contribution in [2.75, 3.05) is 19.4 Å². The van der Waals surface area contributed by atoms with Gasteiger partial charge in [-0.3, -0.25) is 4.68 Å². The number of carbonyl (C=O) groups is 1. The van der Waals surface area contributed by atoms with Crippen LogP contribution < -0.4 is 0 Å². The summed E-state index contributed by atoms with van der Waals surface area (Å²) in [6.45, 7) is 5.92. The molecule has 34 heavy (non-hydrogen) atoms. The van der Waals surface area contributed by atoms with Crippen molar-refractivity contribution in [2.24, 2.45) is 0 Å². The number of aromatic nitrogens is 3. The molecule has 1 saturated heterocycles. The summed E-state index contributed by atoms with van der Waals surface area (Å²) < 4.78 is 22.8. The Morgan fingerprint density at radius 3 is 2.79 bits per heavy atom. The molecule has 0 spiro atoms. The maximum Gasteiger partial charge on any atom is 0.410 e. The molecule has 11 heteroatoms. The number of likely N-dealkylation sites (tertiary alicyclic amines) is 1. The smallest absolute Gasteiger partial charge is 0.410 e.